The molecular weight excluding hydrogens is 382 g/mol. The second-order valence-corrected chi connectivity index (χ2v) is 8.73. The molecule has 2 heterocycles. The minimum Gasteiger partial charge on any atom is -0.497 e. The number of thiazole rings is 1. The fraction of sp³-hybridized carbons (Fsp3) is 0.391. The molecule has 0 aliphatic carbocycles. The number of nitrogens with one attached hydrogen (secondary N) is 1. The smallest absolute Gasteiger partial charge is 0.224 e. The van der Waals surface area contributed by atoms with Gasteiger partial charge in [-0.05, 0) is 62.5 Å². The molecule has 1 aliphatic rings. The zero-order valence-electron chi connectivity index (χ0n) is 16.8. The maximum absolute atomic E-state index is 12.3. The van der Waals surface area contributed by atoms with Gasteiger partial charge in [0, 0.05) is 18.2 Å². The van der Waals surface area contributed by atoms with Gasteiger partial charge in [0.2, 0.25) is 5.91 Å². The van der Waals surface area contributed by atoms with E-state index in [-0.39, 0.29) is 5.91 Å². The number of hydrogen-bond acceptors (Lipinski definition) is 5. The molecule has 3 aromatic rings. The molecule has 29 heavy (non-hydrogen) atoms. The van der Waals surface area contributed by atoms with E-state index in [4.69, 9.17) is 9.72 Å². The van der Waals surface area contributed by atoms with Gasteiger partial charge in [0.1, 0.15) is 10.8 Å². The van der Waals surface area contributed by atoms with Crippen molar-refractivity contribution in [1.29, 1.82) is 0 Å². The summed E-state index contributed by atoms with van der Waals surface area (Å²) in [4.78, 5) is 19.5. The highest BCUT2D eigenvalue weighted by Crippen LogP contribution is 2.26. The number of carbonyl (C=O) groups is 1. The van der Waals surface area contributed by atoms with Crippen molar-refractivity contribution >= 4 is 33.1 Å². The maximum atomic E-state index is 12.3. The van der Waals surface area contributed by atoms with Gasteiger partial charge in [-0.25, -0.2) is 4.98 Å². The number of para-hydroxylation sites is 1. The predicted molar refractivity (Wildman–Crippen MR) is 118 cm³/mol. The van der Waals surface area contributed by atoms with E-state index in [0.717, 1.165) is 55.9 Å². The summed E-state index contributed by atoms with van der Waals surface area (Å²) in [5.41, 5.74) is 1.89. The lowest BCUT2D eigenvalue weighted by atomic mass is 9.92. The Morgan fingerprint density at radius 3 is 2.83 bits per heavy atom. The van der Waals surface area contributed by atoms with Crippen molar-refractivity contribution in [2.45, 2.75) is 32.2 Å². The van der Waals surface area contributed by atoms with Gasteiger partial charge >= 0.3 is 0 Å². The molecule has 0 spiro atoms. The number of nitrogens with zero attached hydrogens (tertiary/aromatic N) is 2. The molecule has 1 fully saturated rings. The molecule has 1 saturated heterocycles. The summed E-state index contributed by atoms with van der Waals surface area (Å²) >= 11 is 1.79. The van der Waals surface area contributed by atoms with E-state index in [0.29, 0.717) is 12.3 Å². The number of hydrogen-bond donors (Lipinski definition) is 1. The van der Waals surface area contributed by atoms with Crippen molar-refractivity contribution in [3.05, 3.63) is 53.5 Å². The Kier molecular flexibility index (Phi) is 6.42. The summed E-state index contributed by atoms with van der Waals surface area (Å²) in [6, 6.07) is 15.8. The molecule has 0 unspecified atom stereocenters. The van der Waals surface area contributed by atoms with Crippen LogP contribution in [0.25, 0.3) is 10.2 Å². The molecule has 0 atom stereocenters. The zero-order chi connectivity index (χ0) is 20.1. The molecule has 1 aromatic heterocycles. The molecule has 0 bridgehead atoms. The van der Waals surface area contributed by atoms with E-state index in [9.17, 15) is 4.79 Å². The van der Waals surface area contributed by atoms with Gasteiger partial charge in [-0.15, -0.1) is 11.3 Å². The van der Waals surface area contributed by atoms with Gasteiger partial charge in [-0.3, -0.25) is 9.69 Å². The number of rotatable bonds is 7. The first-order valence-corrected chi connectivity index (χ1v) is 11.0. The quantitative estimate of drug-likeness (QED) is 0.601. The Morgan fingerprint density at radius 1 is 1.21 bits per heavy atom. The van der Waals surface area contributed by atoms with Crippen LogP contribution in [0.4, 0.5) is 5.69 Å². The van der Waals surface area contributed by atoms with Crippen molar-refractivity contribution in [1.82, 2.24) is 9.88 Å². The lowest BCUT2D eigenvalue weighted by Gasteiger charge is -2.31. The van der Waals surface area contributed by atoms with Crippen LogP contribution in [0.2, 0.25) is 0 Å². The van der Waals surface area contributed by atoms with Crippen LogP contribution in [-0.4, -0.2) is 36.0 Å². The number of amides is 1. The van der Waals surface area contributed by atoms with Gasteiger partial charge in [-0.2, -0.15) is 0 Å². The lowest BCUT2D eigenvalue weighted by Crippen LogP contribution is -2.33. The van der Waals surface area contributed by atoms with Crippen LogP contribution in [0.5, 0.6) is 5.75 Å². The van der Waals surface area contributed by atoms with Crippen molar-refractivity contribution in [2.24, 2.45) is 5.92 Å². The molecule has 1 amide bonds. The van der Waals surface area contributed by atoms with Gasteiger partial charge < -0.3 is 10.1 Å². The van der Waals surface area contributed by atoms with Crippen molar-refractivity contribution in [2.75, 3.05) is 25.5 Å². The van der Waals surface area contributed by atoms with E-state index in [2.05, 4.69) is 28.4 Å². The Bertz CT molecular complexity index is 930. The third kappa shape index (κ3) is 5.34. The van der Waals surface area contributed by atoms with Crippen LogP contribution in [0.3, 0.4) is 0 Å². The standard InChI is InChI=1S/C23H27N3O2S/c1-28-19-6-4-5-18(15-19)24-22(27)10-9-17-11-13-26(14-12-17)16-23-25-20-7-2-3-8-21(20)29-23/h2-8,15,17H,9-14,16H2,1H3,(H,24,27). The highest BCUT2D eigenvalue weighted by molar-refractivity contribution is 7.18. The monoisotopic (exact) mass is 409 g/mol. The first kappa shape index (κ1) is 19.9. The Hall–Kier alpha value is -2.44. The second kappa shape index (κ2) is 9.37. The lowest BCUT2D eigenvalue weighted by molar-refractivity contribution is -0.116. The Balaban J connectivity index is 1.20. The summed E-state index contributed by atoms with van der Waals surface area (Å²) in [7, 11) is 1.63. The predicted octanol–water partition coefficient (Wildman–Crippen LogP) is 4.94. The minimum atomic E-state index is 0.0789. The third-order valence-corrected chi connectivity index (χ3v) is 6.56. The molecule has 2 aromatic carbocycles. The molecule has 6 heteroatoms. The summed E-state index contributed by atoms with van der Waals surface area (Å²) in [6.07, 6.45) is 3.82. The number of piperidine rings is 1. The van der Waals surface area contributed by atoms with Gasteiger partial charge in [0.05, 0.1) is 23.9 Å². The average molecular weight is 410 g/mol. The van der Waals surface area contributed by atoms with Crippen LogP contribution in [-0.2, 0) is 11.3 Å². The number of anilines is 1. The molecule has 5 nitrogen and oxygen atoms in total. The largest absolute Gasteiger partial charge is 0.497 e. The third-order valence-electron chi connectivity index (χ3n) is 5.54. The summed E-state index contributed by atoms with van der Waals surface area (Å²) in [6.45, 7) is 3.10. The summed E-state index contributed by atoms with van der Waals surface area (Å²) in [5, 5.41) is 4.17. The molecule has 152 valence electrons. The molecule has 1 N–H and O–H groups in total. The Morgan fingerprint density at radius 2 is 2.03 bits per heavy atom. The van der Waals surface area contributed by atoms with Gasteiger partial charge in [0.15, 0.2) is 0 Å². The van der Waals surface area contributed by atoms with E-state index in [1.807, 2.05) is 30.3 Å². The van der Waals surface area contributed by atoms with E-state index >= 15 is 0 Å². The second-order valence-electron chi connectivity index (χ2n) is 7.61. The Labute approximate surface area is 175 Å². The minimum absolute atomic E-state index is 0.0789. The SMILES string of the molecule is COc1cccc(NC(=O)CCC2CCN(Cc3nc4ccccc4s3)CC2)c1. The highest BCUT2D eigenvalue weighted by atomic mass is 32.1. The zero-order valence-corrected chi connectivity index (χ0v) is 17.6. The summed E-state index contributed by atoms with van der Waals surface area (Å²) in [5.74, 6) is 1.45. The number of fused-ring (bicyclic) bond motifs is 1. The molecule has 1 aliphatic heterocycles. The number of benzene rings is 2. The fourth-order valence-electron chi connectivity index (χ4n) is 3.87. The van der Waals surface area contributed by atoms with Crippen LogP contribution in [0.1, 0.15) is 30.7 Å². The number of aromatic nitrogens is 1. The molecule has 4 rings (SSSR count). The average Bonchev–Trinajstić information content (AvgIpc) is 3.15. The molecule has 0 radical (unpaired) electrons. The van der Waals surface area contributed by atoms with Crippen molar-refractivity contribution in [3.63, 3.8) is 0 Å². The first-order valence-electron chi connectivity index (χ1n) is 10.2. The van der Waals surface area contributed by atoms with Gasteiger partial charge in [-0.1, -0.05) is 18.2 Å². The van der Waals surface area contributed by atoms with Crippen LogP contribution in [0.15, 0.2) is 48.5 Å². The van der Waals surface area contributed by atoms with Crippen molar-refractivity contribution in [3.8, 4) is 5.75 Å². The number of methoxy groups -OCH3 is 1. The van der Waals surface area contributed by atoms with Gasteiger partial charge in [0.25, 0.3) is 0 Å². The molecular formula is C23H27N3O2S. The van der Waals surface area contributed by atoms with Crippen LogP contribution < -0.4 is 10.1 Å². The number of likely N-dealkylation sites (tertiary alicyclic amines) is 1. The maximum Gasteiger partial charge on any atom is 0.224 e. The van der Waals surface area contributed by atoms with Crippen LogP contribution in [0, 0.1) is 5.92 Å². The van der Waals surface area contributed by atoms with Crippen molar-refractivity contribution < 1.29 is 9.53 Å². The first-order chi connectivity index (χ1) is 14.2. The fourth-order valence-corrected chi connectivity index (χ4v) is 4.88. The van der Waals surface area contributed by atoms with Crippen LogP contribution >= 0.6 is 11.3 Å². The number of carbonyl (C=O) groups excluding carboxylic acids is 1. The highest BCUT2D eigenvalue weighted by Gasteiger charge is 2.21. The summed E-state index contributed by atoms with van der Waals surface area (Å²) < 4.78 is 6.46. The van der Waals surface area contributed by atoms with E-state index < -0.39 is 0 Å². The van der Waals surface area contributed by atoms with E-state index in [1.165, 1.54) is 9.71 Å². The normalized spacial score (nSPS) is 15.5. The number of ether oxygens (including phenoxy) is 1. The topological polar surface area (TPSA) is 54.5 Å². The van der Waals surface area contributed by atoms with E-state index in [1.54, 1.807) is 18.4 Å². The molecule has 0 saturated carbocycles.